The summed E-state index contributed by atoms with van der Waals surface area (Å²) in [6, 6.07) is 20.9. The van der Waals surface area contributed by atoms with Crippen molar-refractivity contribution in [1.82, 2.24) is 0 Å². The van der Waals surface area contributed by atoms with Crippen molar-refractivity contribution in [2.75, 3.05) is 16.4 Å². The quantitative estimate of drug-likeness (QED) is 0.465. The molecule has 160 valence electrons. The van der Waals surface area contributed by atoms with E-state index in [1.165, 1.54) is 23.9 Å². The highest BCUT2D eigenvalue weighted by Gasteiger charge is 2.30. The average Bonchev–Trinajstić information content (AvgIpc) is 2.73. The number of thioether (sulfide) groups is 1. The van der Waals surface area contributed by atoms with Crippen LogP contribution in [0.3, 0.4) is 0 Å². The van der Waals surface area contributed by atoms with Crippen molar-refractivity contribution in [1.29, 1.82) is 0 Å². The minimum Gasteiger partial charge on any atom is -0.326 e. The molecule has 31 heavy (non-hydrogen) atoms. The first-order valence-corrected chi connectivity index (χ1v) is 10.3. The molecule has 0 saturated heterocycles. The molecule has 0 saturated carbocycles. The van der Waals surface area contributed by atoms with Crippen LogP contribution >= 0.6 is 11.8 Å². The normalized spacial score (nSPS) is 11.1. The van der Waals surface area contributed by atoms with E-state index in [-0.39, 0.29) is 23.8 Å². The Morgan fingerprint density at radius 3 is 2.13 bits per heavy atom. The molecule has 0 bridgehead atoms. The van der Waals surface area contributed by atoms with E-state index >= 15 is 0 Å². The van der Waals surface area contributed by atoms with E-state index in [1.54, 1.807) is 24.3 Å². The fourth-order valence-electron chi connectivity index (χ4n) is 2.74. The Bertz CT molecular complexity index is 1040. The maximum absolute atomic E-state index is 12.8. The molecule has 0 aliphatic heterocycles. The van der Waals surface area contributed by atoms with Gasteiger partial charge in [-0.3, -0.25) is 9.59 Å². The van der Waals surface area contributed by atoms with Crippen LogP contribution in [0.5, 0.6) is 0 Å². The van der Waals surface area contributed by atoms with Crippen molar-refractivity contribution < 1.29 is 22.8 Å². The molecule has 3 aromatic carbocycles. The second-order valence-electron chi connectivity index (χ2n) is 6.65. The Morgan fingerprint density at radius 1 is 0.774 bits per heavy atom. The third kappa shape index (κ3) is 7.18. The van der Waals surface area contributed by atoms with Gasteiger partial charge in [-0.15, -0.1) is 11.8 Å². The van der Waals surface area contributed by atoms with Crippen LogP contribution < -0.4 is 10.6 Å². The number of benzene rings is 3. The lowest BCUT2D eigenvalue weighted by atomic mass is 10.1. The first-order valence-electron chi connectivity index (χ1n) is 9.33. The van der Waals surface area contributed by atoms with E-state index in [0.29, 0.717) is 5.69 Å². The summed E-state index contributed by atoms with van der Waals surface area (Å²) >= 11 is 1.24. The number of hydrogen-bond donors (Lipinski definition) is 2. The predicted molar refractivity (Wildman–Crippen MR) is 116 cm³/mol. The molecule has 2 N–H and O–H groups in total. The minimum absolute atomic E-state index is 0.0377. The lowest BCUT2D eigenvalue weighted by Gasteiger charge is -2.10. The van der Waals surface area contributed by atoms with E-state index in [0.717, 1.165) is 22.6 Å². The van der Waals surface area contributed by atoms with Crippen LogP contribution in [-0.4, -0.2) is 17.6 Å². The summed E-state index contributed by atoms with van der Waals surface area (Å²) in [5, 5.41) is 5.28. The van der Waals surface area contributed by atoms with Gasteiger partial charge in [0.25, 0.3) is 0 Å². The molecule has 8 heteroatoms. The number of carbonyl (C=O) groups excluding carboxylic acids is 2. The van der Waals surface area contributed by atoms with Crippen LogP contribution in [0.2, 0.25) is 0 Å². The maximum Gasteiger partial charge on any atom is 0.416 e. The van der Waals surface area contributed by atoms with E-state index < -0.39 is 17.6 Å². The second kappa shape index (κ2) is 10.2. The van der Waals surface area contributed by atoms with Gasteiger partial charge < -0.3 is 10.6 Å². The van der Waals surface area contributed by atoms with Crippen molar-refractivity contribution in [3.63, 3.8) is 0 Å². The highest BCUT2D eigenvalue weighted by molar-refractivity contribution is 8.00. The van der Waals surface area contributed by atoms with Gasteiger partial charge in [-0.25, -0.2) is 0 Å². The Labute approximate surface area is 181 Å². The molecule has 0 atom stereocenters. The number of amides is 2. The molecular formula is C23H19F3N2O2S. The lowest BCUT2D eigenvalue weighted by molar-refractivity contribution is -0.137. The van der Waals surface area contributed by atoms with Crippen molar-refractivity contribution in [3.8, 4) is 0 Å². The maximum atomic E-state index is 12.8. The molecule has 3 aromatic rings. The van der Waals surface area contributed by atoms with Crippen LogP contribution in [0.25, 0.3) is 0 Å². The fourth-order valence-corrected chi connectivity index (χ4v) is 3.44. The van der Waals surface area contributed by atoms with Crippen LogP contribution in [-0.2, 0) is 22.2 Å². The monoisotopic (exact) mass is 444 g/mol. The highest BCUT2D eigenvalue weighted by atomic mass is 32.2. The van der Waals surface area contributed by atoms with Gasteiger partial charge in [-0.1, -0.05) is 36.4 Å². The number of nitrogens with one attached hydrogen (secondary N) is 2. The van der Waals surface area contributed by atoms with Crippen LogP contribution in [0.1, 0.15) is 11.1 Å². The van der Waals surface area contributed by atoms with Gasteiger partial charge in [-0.2, -0.15) is 13.2 Å². The molecule has 0 aliphatic rings. The van der Waals surface area contributed by atoms with Gasteiger partial charge >= 0.3 is 6.18 Å². The number of anilines is 2. The molecule has 0 aliphatic carbocycles. The molecule has 0 unspecified atom stereocenters. The Morgan fingerprint density at radius 2 is 1.45 bits per heavy atom. The summed E-state index contributed by atoms with van der Waals surface area (Å²) in [7, 11) is 0. The average molecular weight is 444 g/mol. The summed E-state index contributed by atoms with van der Waals surface area (Å²) in [6.45, 7) is 0. The van der Waals surface area contributed by atoms with Crippen LogP contribution in [0.15, 0.2) is 83.8 Å². The van der Waals surface area contributed by atoms with E-state index in [1.807, 2.05) is 30.3 Å². The smallest absolute Gasteiger partial charge is 0.326 e. The standard InChI is InChI=1S/C23H19F3N2O2S/c24-23(25,26)17-7-4-8-19(14-17)28-22(30)15-31-20-11-9-18(10-12-20)27-21(29)13-16-5-2-1-3-6-16/h1-12,14H,13,15H2,(H,27,29)(H,28,30). The van der Waals surface area contributed by atoms with Crippen molar-refractivity contribution in [2.45, 2.75) is 17.5 Å². The predicted octanol–water partition coefficient (Wildman–Crippen LogP) is 5.62. The van der Waals surface area contributed by atoms with Gasteiger partial charge in [0.05, 0.1) is 17.7 Å². The first-order chi connectivity index (χ1) is 14.8. The largest absolute Gasteiger partial charge is 0.416 e. The molecule has 0 spiro atoms. The minimum atomic E-state index is -4.46. The molecule has 0 heterocycles. The van der Waals surface area contributed by atoms with Crippen molar-refractivity contribution in [2.24, 2.45) is 0 Å². The van der Waals surface area contributed by atoms with Gasteiger partial charge in [0.1, 0.15) is 0 Å². The Kier molecular flexibility index (Phi) is 7.36. The Balaban J connectivity index is 1.48. The summed E-state index contributed by atoms with van der Waals surface area (Å²) < 4.78 is 38.3. The third-order valence-corrected chi connectivity index (χ3v) is 5.20. The zero-order chi connectivity index (χ0) is 22.3. The number of rotatable bonds is 7. The molecule has 0 aromatic heterocycles. The van der Waals surface area contributed by atoms with E-state index in [9.17, 15) is 22.8 Å². The lowest BCUT2D eigenvalue weighted by Crippen LogP contribution is -2.15. The van der Waals surface area contributed by atoms with Gasteiger partial charge in [-0.05, 0) is 48.0 Å². The number of halogens is 3. The Hall–Kier alpha value is -3.26. The van der Waals surface area contributed by atoms with Gasteiger partial charge in [0.15, 0.2) is 0 Å². The number of hydrogen-bond acceptors (Lipinski definition) is 3. The number of carbonyl (C=O) groups is 2. The second-order valence-corrected chi connectivity index (χ2v) is 7.70. The molecule has 4 nitrogen and oxygen atoms in total. The number of alkyl halides is 3. The van der Waals surface area contributed by atoms with E-state index in [2.05, 4.69) is 10.6 Å². The van der Waals surface area contributed by atoms with Crippen molar-refractivity contribution >= 4 is 35.0 Å². The fraction of sp³-hybridized carbons (Fsp3) is 0.130. The van der Waals surface area contributed by atoms with Crippen LogP contribution in [0, 0.1) is 0 Å². The summed E-state index contributed by atoms with van der Waals surface area (Å²) in [4.78, 5) is 25.0. The van der Waals surface area contributed by atoms with Crippen LogP contribution in [0.4, 0.5) is 24.5 Å². The highest BCUT2D eigenvalue weighted by Crippen LogP contribution is 2.30. The summed E-state index contributed by atoms with van der Waals surface area (Å²) in [6.07, 6.45) is -4.19. The molecule has 0 radical (unpaired) electrons. The van der Waals surface area contributed by atoms with E-state index in [4.69, 9.17) is 0 Å². The first kappa shape index (κ1) is 22.4. The molecule has 2 amide bonds. The van der Waals surface area contributed by atoms with Gasteiger partial charge in [0, 0.05) is 16.3 Å². The van der Waals surface area contributed by atoms with Gasteiger partial charge in [0.2, 0.25) is 11.8 Å². The SMILES string of the molecule is O=C(CSc1ccc(NC(=O)Cc2ccccc2)cc1)Nc1cccc(C(F)(F)F)c1. The summed E-state index contributed by atoms with van der Waals surface area (Å²) in [5.74, 6) is -0.507. The zero-order valence-electron chi connectivity index (χ0n) is 16.3. The van der Waals surface area contributed by atoms with Crippen molar-refractivity contribution in [3.05, 3.63) is 90.0 Å². The molecular weight excluding hydrogens is 425 g/mol. The zero-order valence-corrected chi connectivity index (χ0v) is 17.1. The topological polar surface area (TPSA) is 58.2 Å². The summed E-state index contributed by atoms with van der Waals surface area (Å²) in [5.41, 5.74) is 0.831. The molecule has 0 fully saturated rings. The third-order valence-electron chi connectivity index (χ3n) is 4.19. The molecule has 3 rings (SSSR count).